The molecule has 3 aromatic carbocycles. The highest BCUT2D eigenvalue weighted by Crippen LogP contribution is 2.28. The van der Waals surface area contributed by atoms with Crippen LogP contribution in [0.25, 0.3) is 11.3 Å². The Morgan fingerprint density at radius 2 is 1.67 bits per heavy atom. The fourth-order valence-corrected chi connectivity index (χ4v) is 4.00. The number of anilines is 1. The van der Waals surface area contributed by atoms with E-state index < -0.39 is 0 Å². The Labute approximate surface area is 182 Å². The van der Waals surface area contributed by atoms with Gasteiger partial charge < -0.3 is 0 Å². The molecule has 4 heteroatoms. The van der Waals surface area contributed by atoms with Crippen molar-refractivity contribution >= 4 is 22.2 Å². The Morgan fingerprint density at radius 1 is 0.933 bits per heavy atom. The van der Waals surface area contributed by atoms with Gasteiger partial charge in [0.1, 0.15) is 0 Å². The molecule has 0 aliphatic heterocycles. The summed E-state index contributed by atoms with van der Waals surface area (Å²) in [6, 6.07) is 25.6. The van der Waals surface area contributed by atoms with E-state index in [2.05, 4.69) is 96.5 Å². The van der Waals surface area contributed by atoms with E-state index in [4.69, 9.17) is 4.98 Å². The average Bonchev–Trinajstić information content (AvgIpc) is 3.24. The number of hydrogen-bond acceptors (Lipinski definition) is 4. The van der Waals surface area contributed by atoms with Gasteiger partial charge in [0, 0.05) is 10.9 Å². The maximum absolute atomic E-state index is 4.71. The van der Waals surface area contributed by atoms with Crippen molar-refractivity contribution in [3.05, 3.63) is 106 Å². The molecule has 1 aromatic heterocycles. The SMILES string of the molecule is CC(=NNc1nc(-c2cc(C)ccc2C)cs1)c1ccc(Cc2ccccc2)cc1. The molecule has 4 rings (SSSR count). The Morgan fingerprint density at radius 3 is 2.43 bits per heavy atom. The summed E-state index contributed by atoms with van der Waals surface area (Å²) in [5.74, 6) is 0. The first-order chi connectivity index (χ1) is 14.6. The van der Waals surface area contributed by atoms with Crippen LogP contribution in [0.3, 0.4) is 0 Å². The first kappa shape index (κ1) is 20.0. The Bertz CT molecular complexity index is 1160. The van der Waals surface area contributed by atoms with Crippen LogP contribution < -0.4 is 5.43 Å². The predicted octanol–water partition coefficient (Wildman–Crippen LogP) is 6.85. The highest BCUT2D eigenvalue weighted by molar-refractivity contribution is 7.14. The van der Waals surface area contributed by atoms with E-state index in [-0.39, 0.29) is 0 Å². The molecule has 0 radical (unpaired) electrons. The Balaban J connectivity index is 1.43. The van der Waals surface area contributed by atoms with Crippen molar-refractivity contribution < 1.29 is 0 Å². The standard InChI is InChI=1S/C26H25N3S/c1-18-9-10-19(2)24(15-18)25-17-30-26(27-25)29-28-20(3)23-13-11-22(12-14-23)16-21-7-5-4-6-8-21/h4-15,17H,16H2,1-3H3,(H,27,29). The summed E-state index contributed by atoms with van der Waals surface area (Å²) in [6.45, 7) is 6.23. The van der Waals surface area contributed by atoms with Crippen LogP contribution in [0.5, 0.6) is 0 Å². The topological polar surface area (TPSA) is 37.3 Å². The molecule has 0 unspecified atom stereocenters. The minimum Gasteiger partial charge on any atom is -0.252 e. The zero-order valence-electron chi connectivity index (χ0n) is 17.5. The number of benzene rings is 3. The molecule has 150 valence electrons. The molecule has 0 atom stereocenters. The van der Waals surface area contributed by atoms with Crippen LogP contribution in [0.1, 0.15) is 34.7 Å². The first-order valence-electron chi connectivity index (χ1n) is 10.1. The predicted molar refractivity (Wildman–Crippen MR) is 129 cm³/mol. The normalized spacial score (nSPS) is 11.5. The lowest BCUT2D eigenvalue weighted by atomic mass is 10.0. The number of rotatable bonds is 6. The van der Waals surface area contributed by atoms with Crippen molar-refractivity contribution in [1.82, 2.24) is 4.98 Å². The van der Waals surface area contributed by atoms with Crippen molar-refractivity contribution in [3.8, 4) is 11.3 Å². The molecule has 0 amide bonds. The molecule has 0 aliphatic rings. The Hall–Kier alpha value is -3.24. The van der Waals surface area contributed by atoms with Gasteiger partial charge in [0.25, 0.3) is 0 Å². The smallest absolute Gasteiger partial charge is 0.203 e. The Kier molecular flexibility index (Phi) is 6.05. The van der Waals surface area contributed by atoms with Crippen LogP contribution >= 0.6 is 11.3 Å². The summed E-state index contributed by atoms with van der Waals surface area (Å²) in [6.07, 6.45) is 0.940. The van der Waals surface area contributed by atoms with Gasteiger partial charge in [-0.2, -0.15) is 5.10 Å². The lowest BCUT2D eigenvalue weighted by Gasteiger charge is -2.05. The third kappa shape index (κ3) is 4.84. The fourth-order valence-electron chi connectivity index (χ4n) is 3.35. The fraction of sp³-hybridized carbons (Fsp3) is 0.154. The van der Waals surface area contributed by atoms with Crippen LogP contribution in [-0.2, 0) is 6.42 Å². The summed E-state index contributed by atoms with van der Waals surface area (Å²) in [4.78, 5) is 4.71. The number of thiazole rings is 1. The zero-order chi connectivity index (χ0) is 20.9. The average molecular weight is 412 g/mol. The van der Waals surface area contributed by atoms with E-state index in [1.807, 2.05) is 13.0 Å². The molecule has 1 heterocycles. The van der Waals surface area contributed by atoms with Gasteiger partial charge in [-0.1, -0.05) is 72.3 Å². The van der Waals surface area contributed by atoms with Gasteiger partial charge in [0.2, 0.25) is 5.13 Å². The molecular formula is C26H25N3S. The molecule has 0 aliphatic carbocycles. The molecular weight excluding hydrogens is 386 g/mol. The van der Waals surface area contributed by atoms with E-state index in [1.54, 1.807) is 11.3 Å². The van der Waals surface area contributed by atoms with E-state index in [1.165, 1.54) is 27.8 Å². The number of hydrazone groups is 1. The molecule has 1 N–H and O–H groups in total. The lowest BCUT2D eigenvalue weighted by molar-refractivity contribution is 1.19. The minimum atomic E-state index is 0.797. The van der Waals surface area contributed by atoms with Gasteiger partial charge in [-0.3, -0.25) is 5.43 Å². The summed E-state index contributed by atoms with van der Waals surface area (Å²) < 4.78 is 0. The second-order valence-corrected chi connectivity index (χ2v) is 8.38. The third-order valence-electron chi connectivity index (χ3n) is 5.12. The van der Waals surface area contributed by atoms with Crippen LogP contribution in [0.15, 0.2) is 83.3 Å². The van der Waals surface area contributed by atoms with Gasteiger partial charge in [-0.25, -0.2) is 4.98 Å². The van der Waals surface area contributed by atoms with Crippen molar-refractivity contribution in [1.29, 1.82) is 0 Å². The number of aryl methyl sites for hydroxylation is 2. The van der Waals surface area contributed by atoms with Gasteiger partial charge in [0.15, 0.2) is 0 Å². The number of nitrogens with zero attached hydrogens (tertiary/aromatic N) is 2. The van der Waals surface area contributed by atoms with Crippen molar-refractivity contribution in [2.45, 2.75) is 27.2 Å². The van der Waals surface area contributed by atoms with Crippen LogP contribution in [0, 0.1) is 13.8 Å². The summed E-state index contributed by atoms with van der Waals surface area (Å²) in [5.41, 5.74) is 12.4. The minimum absolute atomic E-state index is 0.797. The van der Waals surface area contributed by atoms with Gasteiger partial charge in [-0.05, 0) is 55.5 Å². The van der Waals surface area contributed by atoms with Crippen molar-refractivity contribution in [2.24, 2.45) is 5.10 Å². The van der Waals surface area contributed by atoms with Crippen LogP contribution in [0.4, 0.5) is 5.13 Å². The number of aromatic nitrogens is 1. The maximum Gasteiger partial charge on any atom is 0.203 e. The number of hydrogen-bond donors (Lipinski definition) is 1. The second-order valence-electron chi connectivity index (χ2n) is 7.52. The van der Waals surface area contributed by atoms with Crippen LogP contribution in [0.2, 0.25) is 0 Å². The zero-order valence-corrected chi connectivity index (χ0v) is 18.3. The van der Waals surface area contributed by atoms with E-state index >= 15 is 0 Å². The molecule has 0 spiro atoms. The van der Waals surface area contributed by atoms with Gasteiger partial charge >= 0.3 is 0 Å². The van der Waals surface area contributed by atoms with Gasteiger partial charge in [-0.15, -0.1) is 11.3 Å². The molecule has 30 heavy (non-hydrogen) atoms. The molecule has 0 bridgehead atoms. The highest BCUT2D eigenvalue weighted by atomic mass is 32.1. The maximum atomic E-state index is 4.71. The summed E-state index contributed by atoms with van der Waals surface area (Å²) in [5, 5.41) is 7.41. The molecule has 0 saturated heterocycles. The first-order valence-corrected chi connectivity index (χ1v) is 10.9. The summed E-state index contributed by atoms with van der Waals surface area (Å²) in [7, 11) is 0. The van der Waals surface area contributed by atoms with Crippen molar-refractivity contribution in [3.63, 3.8) is 0 Å². The summed E-state index contributed by atoms with van der Waals surface area (Å²) >= 11 is 1.57. The molecule has 0 saturated carbocycles. The lowest BCUT2D eigenvalue weighted by Crippen LogP contribution is -2.00. The quantitative estimate of drug-likeness (QED) is 0.278. The highest BCUT2D eigenvalue weighted by Gasteiger charge is 2.08. The third-order valence-corrected chi connectivity index (χ3v) is 5.86. The van der Waals surface area contributed by atoms with E-state index in [0.717, 1.165) is 28.5 Å². The molecule has 0 fully saturated rings. The van der Waals surface area contributed by atoms with E-state index in [9.17, 15) is 0 Å². The number of nitrogens with one attached hydrogen (secondary N) is 1. The monoisotopic (exact) mass is 411 g/mol. The largest absolute Gasteiger partial charge is 0.252 e. The van der Waals surface area contributed by atoms with E-state index in [0.29, 0.717) is 0 Å². The molecule has 4 aromatic rings. The van der Waals surface area contributed by atoms with Gasteiger partial charge in [0.05, 0.1) is 11.4 Å². The van der Waals surface area contributed by atoms with Crippen molar-refractivity contribution in [2.75, 3.05) is 5.43 Å². The molecule has 3 nitrogen and oxygen atoms in total. The second kappa shape index (κ2) is 9.06. The van der Waals surface area contributed by atoms with Crippen LogP contribution in [-0.4, -0.2) is 10.7 Å².